The van der Waals surface area contributed by atoms with Crippen molar-refractivity contribution in [3.05, 3.63) is 64.4 Å². The number of carbonyl (C=O) groups is 2. The molecule has 10 heteroatoms. The Hall–Kier alpha value is -2.46. The van der Waals surface area contributed by atoms with Gasteiger partial charge in [-0.25, -0.2) is 12.8 Å². The van der Waals surface area contributed by atoms with Crippen molar-refractivity contribution >= 4 is 43.5 Å². The smallest absolute Gasteiger partial charge is 0.244 e. The highest BCUT2D eigenvalue weighted by atomic mass is 79.9. The Morgan fingerprint density at radius 1 is 1.16 bits per heavy atom. The van der Waals surface area contributed by atoms with Crippen molar-refractivity contribution in [2.75, 3.05) is 24.2 Å². The van der Waals surface area contributed by atoms with E-state index in [1.807, 2.05) is 0 Å². The van der Waals surface area contributed by atoms with Gasteiger partial charge in [-0.05, 0) is 42.3 Å². The summed E-state index contributed by atoms with van der Waals surface area (Å²) in [6, 6.07) is 11.3. The molecule has 0 spiro atoms. The molecule has 0 aliphatic rings. The average molecular weight is 514 g/mol. The molecule has 0 saturated heterocycles. The minimum absolute atomic E-state index is 0.0289. The second-order valence-electron chi connectivity index (χ2n) is 6.94. The number of nitrogens with zero attached hydrogens (tertiary/aromatic N) is 2. The van der Waals surface area contributed by atoms with Gasteiger partial charge in [0, 0.05) is 18.1 Å². The zero-order valence-electron chi connectivity index (χ0n) is 17.5. The lowest BCUT2D eigenvalue weighted by molar-refractivity contribution is -0.140. The fourth-order valence-corrected chi connectivity index (χ4v) is 4.35. The highest BCUT2D eigenvalue weighted by Gasteiger charge is 2.31. The van der Waals surface area contributed by atoms with Gasteiger partial charge in [-0.1, -0.05) is 41.1 Å². The summed E-state index contributed by atoms with van der Waals surface area (Å²) in [6.45, 7) is 1.30. The molecule has 31 heavy (non-hydrogen) atoms. The molecule has 2 aromatic rings. The normalized spacial score (nSPS) is 12.2. The number of likely N-dealkylation sites (N-methyl/N-ethyl adjacent to an activating group) is 1. The molecular weight excluding hydrogens is 489 g/mol. The number of amides is 2. The second kappa shape index (κ2) is 10.7. The first-order valence-corrected chi connectivity index (χ1v) is 12.2. The summed E-state index contributed by atoms with van der Waals surface area (Å²) in [6.07, 6.45) is 1.34. The molecule has 1 atom stereocenters. The minimum Gasteiger partial charge on any atom is -0.357 e. The van der Waals surface area contributed by atoms with E-state index in [-0.39, 0.29) is 12.5 Å². The fraction of sp³-hybridized carbons (Fsp3) is 0.333. The molecule has 0 saturated carbocycles. The maximum Gasteiger partial charge on any atom is 0.244 e. The van der Waals surface area contributed by atoms with E-state index in [9.17, 15) is 22.4 Å². The Labute approximate surface area is 190 Å². The van der Waals surface area contributed by atoms with Crippen LogP contribution >= 0.6 is 15.9 Å². The van der Waals surface area contributed by atoms with E-state index in [0.717, 1.165) is 10.6 Å². The van der Waals surface area contributed by atoms with Crippen molar-refractivity contribution in [3.8, 4) is 0 Å². The predicted molar refractivity (Wildman–Crippen MR) is 121 cm³/mol. The standard InChI is InChI=1S/C21H25BrFN3O4S/c1-4-19(21(28)24-2)25(13-15-8-10-17(23)11-9-15)20(27)14-26(31(3,29)30)18-7-5-6-16(22)12-18/h5-12,19H,4,13-14H2,1-3H3,(H,24,28)/t19-/m1/s1. The molecule has 1 N–H and O–H groups in total. The Kier molecular flexibility index (Phi) is 8.58. The van der Waals surface area contributed by atoms with Gasteiger partial charge < -0.3 is 10.2 Å². The Bertz CT molecular complexity index is 1030. The number of sulfonamides is 1. The van der Waals surface area contributed by atoms with Crippen LogP contribution in [-0.2, 0) is 26.2 Å². The highest BCUT2D eigenvalue weighted by molar-refractivity contribution is 9.10. The largest absolute Gasteiger partial charge is 0.357 e. The Morgan fingerprint density at radius 2 is 1.81 bits per heavy atom. The highest BCUT2D eigenvalue weighted by Crippen LogP contribution is 2.23. The maximum atomic E-state index is 13.3. The number of carbonyl (C=O) groups excluding carboxylic acids is 2. The number of hydrogen-bond donors (Lipinski definition) is 1. The van der Waals surface area contributed by atoms with Crippen LogP contribution in [-0.4, -0.2) is 51.0 Å². The molecule has 2 amide bonds. The zero-order chi connectivity index (χ0) is 23.2. The van der Waals surface area contributed by atoms with Crippen molar-refractivity contribution in [1.82, 2.24) is 10.2 Å². The third-order valence-corrected chi connectivity index (χ3v) is 6.31. The molecule has 2 aromatic carbocycles. The summed E-state index contributed by atoms with van der Waals surface area (Å²) < 4.78 is 39.8. The third kappa shape index (κ3) is 6.76. The van der Waals surface area contributed by atoms with Gasteiger partial charge in [0.1, 0.15) is 18.4 Å². The molecule has 0 aromatic heterocycles. The summed E-state index contributed by atoms with van der Waals surface area (Å²) in [5, 5.41) is 2.54. The molecule has 168 valence electrons. The first-order valence-electron chi connectivity index (χ1n) is 9.55. The van der Waals surface area contributed by atoms with E-state index in [1.54, 1.807) is 31.2 Å². The monoisotopic (exact) mass is 513 g/mol. The first kappa shape index (κ1) is 24.8. The van der Waals surface area contributed by atoms with Gasteiger partial charge in [-0.2, -0.15) is 0 Å². The van der Waals surface area contributed by atoms with Crippen LogP contribution in [0.4, 0.5) is 10.1 Å². The minimum atomic E-state index is -3.79. The van der Waals surface area contributed by atoms with Crippen LogP contribution in [0.3, 0.4) is 0 Å². The molecule has 0 unspecified atom stereocenters. The van der Waals surface area contributed by atoms with Crippen molar-refractivity contribution < 1.29 is 22.4 Å². The molecule has 0 bridgehead atoms. The lowest BCUT2D eigenvalue weighted by Crippen LogP contribution is -2.51. The summed E-state index contributed by atoms with van der Waals surface area (Å²) in [5.41, 5.74) is 0.936. The lowest BCUT2D eigenvalue weighted by atomic mass is 10.1. The maximum absolute atomic E-state index is 13.3. The topological polar surface area (TPSA) is 86.8 Å². The van der Waals surface area contributed by atoms with E-state index in [2.05, 4.69) is 21.2 Å². The lowest BCUT2D eigenvalue weighted by Gasteiger charge is -2.32. The van der Waals surface area contributed by atoms with Crippen LogP contribution in [0.25, 0.3) is 0 Å². The molecule has 0 radical (unpaired) electrons. The van der Waals surface area contributed by atoms with E-state index < -0.39 is 34.3 Å². The molecule has 7 nitrogen and oxygen atoms in total. The van der Waals surface area contributed by atoms with Crippen LogP contribution in [0.1, 0.15) is 18.9 Å². The fourth-order valence-electron chi connectivity index (χ4n) is 3.12. The molecule has 0 heterocycles. The number of halogens is 2. The van der Waals surface area contributed by atoms with Crippen molar-refractivity contribution in [2.45, 2.75) is 25.9 Å². The number of hydrogen-bond acceptors (Lipinski definition) is 4. The first-order chi connectivity index (χ1) is 14.6. The summed E-state index contributed by atoms with van der Waals surface area (Å²) in [4.78, 5) is 27.1. The summed E-state index contributed by atoms with van der Waals surface area (Å²) in [7, 11) is -2.32. The average Bonchev–Trinajstić information content (AvgIpc) is 2.72. The van der Waals surface area contributed by atoms with E-state index in [1.165, 1.54) is 36.2 Å². The van der Waals surface area contributed by atoms with Gasteiger partial charge in [-0.15, -0.1) is 0 Å². The van der Waals surface area contributed by atoms with Crippen LogP contribution < -0.4 is 9.62 Å². The van der Waals surface area contributed by atoms with Crippen molar-refractivity contribution in [1.29, 1.82) is 0 Å². The van der Waals surface area contributed by atoms with Gasteiger partial charge in [-0.3, -0.25) is 13.9 Å². The van der Waals surface area contributed by atoms with Crippen molar-refractivity contribution in [2.24, 2.45) is 0 Å². The van der Waals surface area contributed by atoms with Crippen LogP contribution in [0.15, 0.2) is 53.0 Å². The number of anilines is 1. The second-order valence-corrected chi connectivity index (χ2v) is 9.76. The number of benzene rings is 2. The van der Waals surface area contributed by atoms with E-state index in [4.69, 9.17) is 0 Å². The van der Waals surface area contributed by atoms with Gasteiger partial charge in [0.2, 0.25) is 21.8 Å². The summed E-state index contributed by atoms with van der Waals surface area (Å²) in [5.74, 6) is -1.34. The predicted octanol–water partition coefficient (Wildman–Crippen LogP) is 2.91. The summed E-state index contributed by atoms with van der Waals surface area (Å²) >= 11 is 3.30. The Morgan fingerprint density at radius 3 is 2.32 bits per heavy atom. The molecule has 0 aliphatic carbocycles. The Balaban J connectivity index is 2.41. The third-order valence-electron chi connectivity index (χ3n) is 4.67. The van der Waals surface area contributed by atoms with E-state index >= 15 is 0 Å². The van der Waals surface area contributed by atoms with E-state index in [0.29, 0.717) is 22.1 Å². The van der Waals surface area contributed by atoms with Gasteiger partial charge in [0.25, 0.3) is 0 Å². The zero-order valence-corrected chi connectivity index (χ0v) is 19.9. The number of rotatable bonds is 9. The van der Waals surface area contributed by atoms with Gasteiger partial charge in [0.05, 0.1) is 11.9 Å². The quantitative estimate of drug-likeness (QED) is 0.558. The molecular formula is C21H25BrFN3O4S. The number of nitrogens with one attached hydrogen (secondary N) is 1. The van der Waals surface area contributed by atoms with Gasteiger partial charge >= 0.3 is 0 Å². The van der Waals surface area contributed by atoms with Gasteiger partial charge in [0.15, 0.2) is 0 Å². The van der Waals surface area contributed by atoms with Crippen LogP contribution in [0.5, 0.6) is 0 Å². The van der Waals surface area contributed by atoms with Crippen LogP contribution in [0.2, 0.25) is 0 Å². The SMILES string of the molecule is CC[C@H](C(=O)NC)N(Cc1ccc(F)cc1)C(=O)CN(c1cccc(Br)c1)S(C)(=O)=O. The molecule has 0 fully saturated rings. The molecule has 2 rings (SSSR count). The van der Waals surface area contributed by atoms with Crippen molar-refractivity contribution in [3.63, 3.8) is 0 Å². The molecule has 0 aliphatic heterocycles. The van der Waals surface area contributed by atoms with Crippen LogP contribution in [0, 0.1) is 5.82 Å².